The average molecular weight is 398 g/mol. The number of allylic oxidation sites excluding steroid dienone is 1. The predicted molar refractivity (Wildman–Crippen MR) is 115 cm³/mol. The van der Waals surface area contributed by atoms with E-state index in [9.17, 15) is 4.79 Å². The smallest absolute Gasteiger partial charge is 0.244 e. The van der Waals surface area contributed by atoms with Crippen LogP contribution in [-0.4, -0.2) is 19.6 Å². The van der Waals surface area contributed by atoms with Gasteiger partial charge >= 0.3 is 0 Å². The number of fused-ring (bicyclic) bond motifs is 1. The first-order valence-electron chi connectivity index (χ1n) is 9.20. The van der Waals surface area contributed by atoms with Gasteiger partial charge in [0.05, 0.1) is 13.4 Å². The van der Waals surface area contributed by atoms with Crippen molar-refractivity contribution >= 4 is 34.1 Å². The summed E-state index contributed by atoms with van der Waals surface area (Å²) >= 11 is 6.01. The lowest BCUT2D eigenvalue weighted by Gasteiger charge is -2.11. The second-order valence-electron chi connectivity index (χ2n) is 7.17. The Morgan fingerprint density at radius 3 is 2.61 bits per heavy atom. The Balaban J connectivity index is 2.02. The second-order valence-corrected chi connectivity index (χ2v) is 7.61. The van der Waals surface area contributed by atoms with Gasteiger partial charge in [-0.2, -0.15) is 0 Å². The lowest BCUT2D eigenvalue weighted by molar-refractivity contribution is -0.116. The Morgan fingerprint density at radius 2 is 1.96 bits per heavy atom. The van der Waals surface area contributed by atoms with Crippen LogP contribution in [0.2, 0.25) is 5.02 Å². The van der Waals surface area contributed by atoms with Crippen LogP contribution in [0.1, 0.15) is 26.3 Å². The molecule has 3 rings (SSSR count). The van der Waals surface area contributed by atoms with E-state index in [1.54, 1.807) is 19.4 Å². The first kappa shape index (κ1) is 20.0. The summed E-state index contributed by atoms with van der Waals surface area (Å²) in [6.45, 7) is 6.66. The molecule has 2 aromatic carbocycles. The summed E-state index contributed by atoms with van der Waals surface area (Å²) in [6, 6.07) is 11.5. The van der Waals surface area contributed by atoms with E-state index in [4.69, 9.17) is 20.8 Å². The highest BCUT2D eigenvalue weighted by atomic mass is 35.5. The minimum Gasteiger partial charge on any atom is -0.496 e. The van der Waals surface area contributed by atoms with Gasteiger partial charge in [-0.25, -0.2) is 0 Å². The molecule has 3 aromatic rings. The number of carbonyl (C=O) groups excluding carboxylic acids is 1. The number of ether oxygens (including phenoxy) is 1. The van der Waals surface area contributed by atoms with Crippen molar-refractivity contribution in [2.45, 2.75) is 20.8 Å². The number of nitrogens with one attached hydrogen (secondary N) is 1. The zero-order chi connectivity index (χ0) is 20.3. The van der Waals surface area contributed by atoms with Crippen molar-refractivity contribution < 1.29 is 13.9 Å². The van der Waals surface area contributed by atoms with Crippen molar-refractivity contribution in [3.05, 3.63) is 59.3 Å². The molecule has 1 amide bonds. The molecule has 0 unspecified atom stereocenters. The maximum atomic E-state index is 12.2. The first-order chi connectivity index (χ1) is 13.4. The molecule has 4 nitrogen and oxygen atoms in total. The zero-order valence-electron chi connectivity index (χ0n) is 16.5. The number of carbonyl (C=O) groups is 1. The van der Waals surface area contributed by atoms with Gasteiger partial charge in [-0.3, -0.25) is 4.79 Å². The zero-order valence-corrected chi connectivity index (χ0v) is 17.3. The molecule has 28 heavy (non-hydrogen) atoms. The van der Waals surface area contributed by atoms with Crippen LogP contribution >= 0.6 is 11.6 Å². The number of hydrogen-bond acceptors (Lipinski definition) is 3. The van der Waals surface area contributed by atoms with Crippen molar-refractivity contribution in [3.8, 4) is 16.9 Å². The molecule has 0 aliphatic rings. The molecular weight excluding hydrogens is 374 g/mol. The summed E-state index contributed by atoms with van der Waals surface area (Å²) in [4.78, 5) is 12.2. The fraction of sp³-hybridized carbons (Fsp3) is 0.261. The van der Waals surface area contributed by atoms with E-state index >= 15 is 0 Å². The molecule has 0 spiro atoms. The third-order valence-corrected chi connectivity index (χ3v) is 4.76. The number of halogens is 1. The van der Waals surface area contributed by atoms with Crippen LogP contribution in [0.25, 0.3) is 27.7 Å². The van der Waals surface area contributed by atoms with Gasteiger partial charge in [0, 0.05) is 40.2 Å². The molecule has 0 aliphatic carbocycles. The Bertz CT molecular complexity index is 1020. The Morgan fingerprint density at radius 1 is 1.25 bits per heavy atom. The molecule has 1 heterocycles. The third-order valence-electron chi connectivity index (χ3n) is 4.51. The van der Waals surface area contributed by atoms with E-state index in [1.165, 1.54) is 0 Å². The standard InChI is InChI=1S/C23H24ClNO3/c1-14(2)12-25-23(26)9-15(3)18-10-19-20(16-5-7-17(24)8-6-16)13-28-22(19)11-21(18)27-4/h5-11,13-14H,12H2,1-4H3,(H,25,26)/b15-9+. The van der Waals surface area contributed by atoms with Crippen molar-refractivity contribution in [1.29, 1.82) is 0 Å². The van der Waals surface area contributed by atoms with E-state index in [2.05, 4.69) is 19.2 Å². The van der Waals surface area contributed by atoms with Crippen LogP contribution in [0.4, 0.5) is 0 Å². The van der Waals surface area contributed by atoms with Crippen molar-refractivity contribution in [2.75, 3.05) is 13.7 Å². The Kier molecular flexibility index (Phi) is 6.10. The summed E-state index contributed by atoms with van der Waals surface area (Å²) in [6.07, 6.45) is 3.33. The summed E-state index contributed by atoms with van der Waals surface area (Å²) < 4.78 is 11.3. The monoisotopic (exact) mass is 397 g/mol. The first-order valence-corrected chi connectivity index (χ1v) is 9.58. The number of benzene rings is 2. The molecule has 146 valence electrons. The van der Waals surface area contributed by atoms with Gasteiger partial charge in [-0.1, -0.05) is 37.6 Å². The molecule has 0 radical (unpaired) electrons. The van der Waals surface area contributed by atoms with Gasteiger partial charge < -0.3 is 14.5 Å². The third kappa shape index (κ3) is 4.39. The van der Waals surface area contributed by atoms with E-state index in [-0.39, 0.29) is 5.91 Å². The summed E-state index contributed by atoms with van der Waals surface area (Å²) in [5, 5.41) is 4.55. The van der Waals surface area contributed by atoms with Gasteiger partial charge in [-0.15, -0.1) is 0 Å². The van der Waals surface area contributed by atoms with Crippen LogP contribution < -0.4 is 10.1 Å². The van der Waals surface area contributed by atoms with Crippen LogP contribution in [0.5, 0.6) is 5.75 Å². The van der Waals surface area contributed by atoms with Gasteiger partial charge in [0.15, 0.2) is 0 Å². The summed E-state index contributed by atoms with van der Waals surface area (Å²) in [5.74, 6) is 0.949. The van der Waals surface area contributed by atoms with Gasteiger partial charge in [0.25, 0.3) is 0 Å². The summed E-state index contributed by atoms with van der Waals surface area (Å²) in [7, 11) is 1.61. The SMILES string of the molecule is COc1cc2occ(-c3ccc(Cl)cc3)c2cc1/C(C)=C/C(=O)NCC(C)C. The maximum Gasteiger partial charge on any atom is 0.244 e. The highest BCUT2D eigenvalue weighted by Crippen LogP contribution is 2.37. The number of methoxy groups -OCH3 is 1. The van der Waals surface area contributed by atoms with Crippen LogP contribution in [0, 0.1) is 5.92 Å². The van der Waals surface area contributed by atoms with Crippen LogP contribution in [0.15, 0.2) is 53.2 Å². The lowest BCUT2D eigenvalue weighted by Crippen LogP contribution is -2.25. The largest absolute Gasteiger partial charge is 0.496 e. The molecule has 0 aliphatic heterocycles. The molecular formula is C23H24ClNO3. The molecule has 0 fully saturated rings. The van der Waals surface area contributed by atoms with Crippen molar-refractivity contribution in [3.63, 3.8) is 0 Å². The van der Waals surface area contributed by atoms with Crippen LogP contribution in [0.3, 0.4) is 0 Å². The molecule has 0 saturated heterocycles. The molecule has 5 heteroatoms. The summed E-state index contributed by atoms with van der Waals surface area (Å²) in [5.41, 5.74) is 4.38. The highest BCUT2D eigenvalue weighted by Gasteiger charge is 2.15. The average Bonchev–Trinajstić information content (AvgIpc) is 3.08. The maximum absolute atomic E-state index is 12.2. The van der Waals surface area contributed by atoms with E-state index < -0.39 is 0 Å². The molecule has 0 bridgehead atoms. The van der Waals surface area contributed by atoms with E-state index in [0.29, 0.717) is 23.2 Å². The number of hydrogen-bond donors (Lipinski definition) is 1. The Hall–Kier alpha value is -2.72. The van der Waals surface area contributed by atoms with Gasteiger partial charge in [-0.05, 0) is 42.2 Å². The van der Waals surface area contributed by atoms with Gasteiger partial charge in [0.2, 0.25) is 5.91 Å². The minimum absolute atomic E-state index is 0.113. The van der Waals surface area contributed by atoms with E-state index in [0.717, 1.165) is 33.2 Å². The lowest BCUT2D eigenvalue weighted by atomic mass is 9.99. The number of amides is 1. The number of furan rings is 1. The molecule has 0 saturated carbocycles. The normalized spacial score (nSPS) is 11.9. The van der Waals surface area contributed by atoms with E-state index in [1.807, 2.05) is 43.3 Å². The van der Waals surface area contributed by atoms with Crippen molar-refractivity contribution in [2.24, 2.45) is 5.92 Å². The predicted octanol–water partition coefficient (Wildman–Crippen LogP) is 5.94. The number of rotatable bonds is 6. The molecule has 1 aromatic heterocycles. The van der Waals surface area contributed by atoms with Crippen molar-refractivity contribution in [1.82, 2.24) is 5.32 Å². The van der Waals surface area contributed by atoms with Crippen LogP contribution in [-0.2, 0) is 4.79 Å². The fourth-order valence-electron chi connectivity index (χ4n) is 3.02. The quantitative estimate of drug-likeness (QED) is 0.524. The molecule has 0 atom stereocenters. The highest BCUT2D eigenvalue weighted by molar-refractivity contribution is 6.30. The minimum atomic E-state index is -0.113. The fourth-order valence-corrected chi connectivity index (χ4v) is 3.14. The molecule has 1 N–H and O–H groups in total. The topological polar surface area (TPSA) is 51.5 Å². The van der Waals surface area contributed by atoms with Gasteiger partial charge in [0.1, 0.15) is 11.3 Å². The second kappa shape index (κ2) is 8.53. The Labute approximate surface area is 170 Å².